The molecule has 0 aliphatic carbocycles. The van der Waals surface area contributed by atoms with Crippen LogP contribution >= 0.6 is 23.2 Å². The molecular formula is C23H19Cl2NO5S. The molecule has 1 aromatic heterocycles. The van der Waals surface area contributed by atoms with Gasteiger partial charge in [-0.25, -0.2) is 8.42 Å². The van der Waals surface area contributed by atoms with Gasteiger partial charge in [-0.1, -0.05) is 42.0 Å². The van der Waals surface area contributed by atoms with Gasteiger partial charge < -0.3 is 14.4 Å². The van der Waals surface area contributed by atoms with Gasteiger partial charge in [-0.05, 0) is 36.4 Å². The van der Waals surface area contributed by atoms with Crippen LogP contribution in [-0.4, -0.2) is 30.5 Å². The van der Waals surface area contributed by atoms with Gasteiger partial charge in [-0.15, -0.1) is 0 Å². The number of aromatic nitrogens is 1. The fraction of sp³-hybridized carbons (Fsp3) is 0.174. The number of sulfone groups is 1. The molecule has 9 heteroatoms. The summed E-state index contributed by atoms with van der Waals surface area (Å²) in [6.45, 7) is 1.22. The van der Waals surface area contributed by atoms with Crippen molar-refractivity contribution in [2.45, 2.75) is 11.8 Å². The van der Waals surface area contributed by atoms with Crippen molar-refractivity contribution in [2.24, 2.45) is 7.05 Å². The molecule has 0 spiro atoms. The SMILES string of the molecule is CCS(=O)(=O)c1ccc(Oc2ccc(Cl)cc2C#CCO)c(-c2cn(C)c(=O)cc2Cl)c1. The van der Waals surface area contributed by atoms with Crippen LogP contribution in [0.1, 0.15) is 12.5 Å². The van der Waals surface area contributed by atoms with Crippen molar-refractivity contribution >= 4 is 33.0 Å². The number of aryl methyl sites for hydroxylation is 1. The summed E-state index contributed by atoms with van der Waals surface area (Å²) < 4.78 is 32.4. The van der Waals surface area contributed by atoms with E-state index in [-0.39, 0.29) is 27.8 Å². The van der Waals surface area contributed by atoms with E-state index in [4.69, 9.17) is 33.0 Å². The second-order valence-electron chi connectivity index (χ2n) is 6.75. The highest BCUT2D eigenvalue weighted by molar-refractivity contribution is 7.91. The third-order valence-corrected chi connectivity index (χ3v) is 6.90. The minimum absolute atomic E-state index is 0.0776. The van der Waals surface area contributed by atoms with Crippen molar-refractivity contribution in [1.82, 2.24) is 4.57 Å². The summed E-state index contributed by atoms with van der Waals surface area (Å²) in [5.74, 6) is 5.91. The van der Waals surface area contributed by atoms with Gasteiger partial charge in [0, 0.05) is 35.5 Å². The largest absolute Gasteiger partial charge is 0.455 e. The van der Waals surface area contributed by atoms with E-state index in [0.717, 1.165) is 0 Å². The zero-order valence-electron chi connectivity index (χ0n) is 17.2. The third-order valence-electron chi connectivity index (χ3n) is 4.62. The number of aliphatic hydroxyl groups excluding tert-OH is 1. The molecule has 2 aromatic carbocycles. The molecule has 0 unspecified atom stereocenters. The van der Waals surface area contributed by atoms with Crippen molar-refractivity contribution in [3.05, 3.63) is 74.6 Å². The second-order valence-corrected chi connectivity index (χ2v) is 9.87. The van der Waals surface area contributed by atoms with Crippen molar-refractivity contribution in [2.75, 3.05) is 12.4 Å². The molecule has 0 saturated carbocycles. The van der Waals surface area contributed by atoms with Crippen molar-refractivity contribution in [3.8, 4) is 34.5 Å². The molecule has 0 amide bonds. The van der Waals surface area contributed by atoms with Crippen LogP contribution < -0.4 is 10.3 Å². The van der Waals surface area contributed by atoms with Gasteiger partial charge in [-0.2, -0.15) is 0 Å². The lowest BCUT2D eigenvalue weighted by Gasteiger charge is -2.16. The topological polar surface area (TPSA) is 85.6 Å². The van der Waals surface area contributed by atoms with Gasteiger partial charge in [0.05, 0.1) is 21.2 Å². The lowest BCUT2D eigenvalue weighted by atomic mass is 10.1. The van der Waals surface area contributed by atoms with E-state index in [1.165, 1.54) is 35.0 Å². The van der Waals surface area contributed by atoms with Gasteiger partial charge in [-0.3, -0.25) is 4.79 Å². The van der Waals surface area contributed by atoms with Crippen LogP contribution in [-0.2, 0) is 16.9 Å². The monoisotopic (exact) mass is 491 g/mol. The van der Waals surface area contributed by atoms with Crippen LogP contribution in [0.25, 0.3) is 11.1 Å². The first-order chi connectivity index (χ1) is 15.2. The predicted molar refractivity (Wildman–Crippen MR) is 125 cm³/mol. The summed E-state index contributed by atoms with van der Waals surface area (Å²) in [5.41, 5.74) is 0.942. The molecule has 3 aromatic rings. The van der Waals surface area contributed by atoms with E-state index in [0.29, 0.717) is 33.2 Å². The Morgan fingerprint density at radius 3 is 2.47 bits per heavy atom. The zero-order valence-corrected chi connectivity index (χ0v) is 19.6. The summed E-state index contributed by atoms with van der Waals surface area (Å²) in [6.07, 6.45) is 1.52. The molecular weight excluding hydrogens is 473 g/mol. The highest BCUT2D eigenvalue weighted by atomic mass is 35.5. The van der Waals surface area contributed by atoms with E-state index >= 15 is 0 Å². The van der Waals surface area contributed by atoms with Gasteiger partial charge in [0.1, 0.15) is 18.1 Å². The highest BCUT2D eigenvalue weighted by Gasteiger charge is 2.19. The maximum absolute atomic E-state index is 12.5. The van der Waals surface area contributed by atoms with Crippen molar-refractivity contribution in [1.29, 1.82) is 0 Å². The number of hydrogen-bond donors (Lipinski definition) is 1. The molecule has 0 radical (unpaired) electrons. The lowest BCUT2D eigenvalue weighted by Crippen LogP contribution is -2.15. The average molecular weight is 492 g/mol. The Morgan fingerprint density at radius 1 is 1.06 bits per heavy atom. The molecule has 0 aliphatic rings. The third kappa shape index (κ3) is 5.17. The molecule has 0 saturated heterocycles. The molecule has 0 aliphatic heterocycles. The molecule has 1 heterocycles. The van der Waals surface area contributed by atoms with Crippen LogP contribution in [0, 0.1) is 11.8 Å². The number of benzene rings is 2. The van der Waals surface area contributed by atoms with Gasteiger partial charge in [0.25, 0.3) is 5.56 Å². The van der Waals surface area contributed by atoms with Gasteiger partial charge in [0.2, 0.25) is 0 Å². The van der Waals surface area contributed by atoms with Gasteiger partial charge in [0.15, 0.2) is 9.84 Å². The first-order valence-electron chi connectivity index (χ1n) is 9.46. The Balaban J connectivity index is 2.24. The quantitative estimate of drug-likeness (QED) is 0.538. The van der Waals surface area contributed by atoms with Crippen LogP contribution in [0.15, 0.2) is 58.4 Å². The maximum Gasteiger partial charge on any atom is 0.251 e. The molecule has 1 N–H and O–H groups in total. The average Bonchev–Trinajstić information content (AvgIpc) is 2.76. The summed E-state index contributed by atoms with van der Waals surface area (Å²) in [5, 5.41) is 9.62. The first-order valence-corrected chi connectivity index (χ1v) is 11.9. The standard InChI is InChI=1S/C23H19Cl2NO5S/c1-3-32(29,30)17-7-9-22(18(12-17)19-14-26(2)23(28)13-20(19)25)31-21-8-6-16(24)11-15(21)5-4-10-27/h6-9,11-14,27H,3,10H2,1-2H3. The maximum atomic E-state index is 12.5. The fourth-order valence-electron chi connectivity index (χ4n) is 2.92. The Kier molecular flexibility index (Phi) is 7.32. The number of hydrogen-bond acceptors (Lipinski definition) is 5. The Morgan fingerprint density at radius 2 is 1.78 bits per heavy atom. The van der Waals surface area contributed by atoms with Crippen molar-refractivity contribution in [3.63, 3.8) is 0 Å². The van der Waals surface area contributed by atoms with E-state index in [1.54, 1.807) is 32.2 Å². The highest BCUT2D eigenvalue weighted by Crippen LogP contribution is 2.39. The van der Waals surface area contributed by atoms with Crippen molar-refractivity contribution < 1.29 is 18.3 Å². The predicted octanol–water partition coefficient (Wildman–Crippen LogP) is 4.29. The molecule has 6 nitrogen and oxygen atoms in total. The Labute approximate surface area is 195 Å². The summed E-state index contributed by atoms with van der Waals surface area (Å²) in [6, 6.07) is 10.5. The minimum Gasteiger partial charge on any atom is -0.455 e. The summed E-state index contributed by atoms with van der Waals surface area (Å²) in [7, 11) is -1.94. The number of halogens is 2. The Hall–Kier alpha value is -2.76. The fourth-order valence-corrected chi connectivity index (χ4v) is 4.24. The van der Waals surface area contributed by atoms with E-state index in [1.807, 2.05) is 0 Å². The molecule has 0 bridgehead atoms. The molecule has 32 heavy (non-hydrogen) atoms. The van der Waals surface area contributed by atoms with Crippen LogP contribution in [0.5, 0.6) is 11.5 Å². The van der Waals surface area contributed by atoms with Crippen LogP contribution in [0.2, 0.25) is 10.0 Å². The normalized spacial score (nSPS) is 11.0. The number of nitrogens with zero attached hydrogens (tertiary/aromatic N) is 1. The number of pyridine rings is 1. The Bertz CT molecular complexity index is 1400. The van der Waals surface area contributed by atoms with Gasteiger partial charge >= 0.3 is 0 Å². The van der Waals surface area contributed by atoms with E-state index in [2.05, 4.69) is 11.8 Å². The van der Waals surface area contributed by atoms with Crippen LogP contribution in [0.4, 0.5) is 0 Å². The van der Waals surface area contributed by atoms with Crippen LogP contribution in [0.3, 0.4) is 0 Å². The first kappa shape index (κ1) is 23.9. The summed E-state index contributed by atoms with van der Waals surface area (Å²) in [4.78, 5) is 12.1. The zero-order chi connectivity index (χ0) is 23.5. The molecule has 3 rings (SSSR count). The van der Waals surface area contributed by atoms with E-state index in [9.17, 15) is 13.2 Å². The number of rotatable bonds is 5. The number of ether oxygens (including phenoxy) is 1. The molecule has 0 fully saturated rings. The lowest BCUT2D eigenvalue weighted by molar-refractivity contribution is 0.350. The minimum atomic E-state index is -3.51. The molecule has 166 valence electrons. The van der Waals surface area contributed by atoms with E-state index < -0.39 is 9.84 Å². The smallest absolute Gasteiger partial charge is 0.251 e. The number of aliphatic hydroxyl groups is 1. The molecule has 0 atom stereocenters. The second kappa shape index (κ2) is 9.80. The summed E-state index contributed by atoms with van der Waals surface area (Å²) >= 11 is 12.4.